The second-order valence-corrected chi connectivity index (χ2v) is 3.38. The molecule has 0 saturated carbocycles. The Kier molecular flexibility index (Phi) is 5.06. The van der Waals surface area contributed by atoms with E-state index in [1.54, 1.807) is 18.2 Å². The molecule has 13 heavy (non-hydrogen) atoms. The van der Waals surface area contributed by atoms with Gasteiger partial charge in [0.2, 0.25) is 0 Å². The van der Waals surface area contributed by atoms with Crippen LogP contribution in [0.4, 0.5) is 0 Å². The van der Waals surface area contributed by atoms with Crippen molar-refractivity contribution in [1.29, 1.82) is 0 Å². The summed E-state index contributed by atoms with van der Waals surface area (Å²) in [5, 5.41) is 9.44. The van der Waals surface area contributed by atoms with E-state index in [0.29, 0.717) is 5.56 Å². The molecule has 72 valence electrons. The average molecular weight is 265 g/mol. The summed E-state index contributed by atoms with van der Waals surface area (Å²) in [6.07, 6.45) is 1.59. The summed E-state index contributed by atoms with van der Waals surface area (Å²) in [7, 11) is 0. The fraction of sp³-hybridized carbons (Fsp3) is 0.111. The van der Waals surface area contributed by atoms with E-state index in [4.69, 9.17) is 5.73 Å². The van der Waals surface area contributed by atoms with Gasteiger partial charge in [0.15, 0.2) is 0 Å². The Morgan fingerprint density at radius 1 is 1.54 bits per heavy atom. The van der Waals surface area contributed by atoms with Crippen molar-refractivity contribution in [1.82, 2.24) is 0 Å². The number of hydrogen-bond acceptors (Lipinski definition) is 2. The van der Waals surface area contributed by atoms with Crippen LogP contribution in [0.1, 0.15) is 11.6 Å². The van der Waals surface area contributed by atoms with Gasteiger partial charge in [0.25, 0.3) is 0 Å². The van der Waals surface area contributed by atoms with Crippen LogP contribution in [0, 0.1) is 0 Å². The van der Waals surface area contributed by atoms with Crippen LogP contribution < -0.4 is 5.73 Å². The Balaban J connectivity index is 0.00000144. The molecule has 1 aromatic carbocycles. The smallest absolute Gasteiger partial charge is 0.121 e. The zero-order chi connectivity index (χ0) is 9.14. The molecule has 2 nitrogen and oxygen atoms in total. The molecule has 0 fully saturated rings. The normalized spacial score (nSPS) is 11.5. The van der Waals surface area contributed by atoms with Crippen LogP contribution in [-0.4, -0.2) is 5.11 Å². The Bertz CT molecular complexity index is 304. The molecule has 0 amide bonds. The number of halogens is 2. The van der Waals surface area contributed by atoms with Gasteiger partial charge in [-0.2, -0.15) is 0 Å². The molecule has 0 heterocycles. The van der Waals surface area contributed by atoms with E-state index in [1.165, 1.54) is 0 Å². The molecule has 1 rings (SSSR count). The largest absolute Gasteiger partial charge is 0.508 e. The minimum atomic E-state index is -0.307. The molecule has 1 atom stereocenters. The number of rotatable bonds is 2. The average Bonchev–Trinajstić information content (AvgIpc) is 2.03. The molecule has 4 heteroatoms. The number of aromatic hydroxyl groups is 1. The van der Waals surface area contributed by atoms with Gasteiger partial charge >= 0.3 is 0 Å². The Labute approximate surface area is 92.0 Å². The molecule has 0 spiro atoms. The molecular weight excluding hydrogens is 253 g/mol. The van der Waals surface area contributed by atoms with Crippen LogP contribution in [0.25, 0.3) is 0 Å². The Morgan fingerprint density at radius 2 is 2.15 bits per heavy atom. The molecule has 0 bridgehead atoms. The molecule has 3 N–H and O–H groups in total. The zero-order valence-electron chi connectivity index (χ0n) is 6.90. The SMILES string of the molecule is C=C[C@H](N)c1ccc(Br)cc1O.Cl. The van der Waals surface area contributed by atoms with Gasteiger partial charge in [-0.3, -0.25) is 0 Å². The van der Waals surface area contributed by atoms with Gasteiger partial charge in [0.1, 0.15) is 5.75 Å². The first-order chi connectivity index (χ1) is 5.65. The highest BCUT2D eigenvalue weighted by molar-refractivity contribution is 9.10. The summed E-state index contributed by atoms with van der Waals surface area (Å²) in [6.45, 7) is 3.55. The van der Waals surface area contributed by atoms with E-state index >= 15 is 0 Å². The number of phenols is 1. The number of nitrogens with two attached hydrogens (primary N) is 1. The van der Waals surface area contributed by atoms with Gasteiger partial charge in [-0.05, 0) is 12.1 Å². The highest BCUT2D eigenvalue weighted by Crippen LogP contribution is 2.26. The van der Waals surface area contributed by atoms with E-state index in [1.807, 2.05) is 6.07 Å². The summed E-state index contributed by atoms with van der Waals surface area (Å²) in [5.41, 5.74) is 6.34. The molecule has 0 radical (unpaired) electrons. The van der Waals surface area contributed by atoms with Crippen molar-refractivity contribution in [2.24, 2.45) is 5.73 Å². The molecular formula is C9H11BrClNO. The quantitative estimate of drug-likeness (QED) is 0.807. The number of benzene rings is 1. The van der Waals surface area contributed by atoms with Crippen molar-refractivity contribution in [3.8, 4) is 5.75 Å². The highest BCUT2D eigenvalue weighted by Gasteiger charge is 2.06. The molecule has 0 saturated heterocycles. The predicted octanol–water partition coefficient (Wildman–Crippen LogP) is 2.76. The summed E-state index contributed by atoms with van der Waals surface area (Å²) in [4.78, 5) is 0. The van der Waals surface area contributed by atoms with Crippen LogP contribution in [0.3, 0.4) is 0 Å². The first kappa shape index (κ1) is 12.5. The summed E-state index contributed by atoms with van der Waals surface area (Å²) in [6, 6.07) is 4.90. The molecule has 0 aliphatic rings. The van der Waals surface area contributed by atoms with E-state index in [-0.39, 0.29) is 24.2 Å². The molecule has 0 unspecified atom stereocenters. The maximum atomic E-state index is 9.44. The van der Waals surface area contributed by atoms with Gasteiger partial charge in [-0.25, -0.2) is 0 Å². The zero-order valence-corrected chi connectivity index (χ0v) is 9.31. The van der Waals surface area contributed by atoms with E-state index in [2.05, 4.69) is 22.5 Å². The minimum Gasteiger partial charge on any atom is -0.508 e. The van der Waals surface area contributed by atoms with Gasteiger partial charge in [-0.1, -0.05) is 28.1 Å². The van der Waals surface area contributed by atoms with Gasteiger partial charge in [0, 0.05) is 10.0 Å². The summed E-state index contributed by atoms with van der Waals surface area (Å²) >= 11 is 3.24. The molecule has 1 aromatic rings. The Morgan fingerprint density at radius 3 is 2.62 bits per heavy atom. The standard InChI is InChI=1S/C9H10BrNO.ClH/c1-2-8(11)7-4-3-6(10)5-9(7)12;/h2-5,8,12H,1,11H2;1H/t8-;/m0./s1. The lowest BCUT2D eigenvalue weighted by molar-refractivity contribution is 0.465. The minimum absolute atomic E-state index is 0. The van der Waals surface area contributed by atoms with Gasteiger partial charge < -0.3 is 10.8 Å². The monoisotopic (exact) mass is 263 g/mol. The third-order valence-electron chi connectivity index (χ3n) is 1.61. The van der Waals surface area contributed by atoms with Crippen molar-refractivity contribution >= 4 is 28.3 Å². The molecule has 0 aliphatic heterocycles. The highest BCUT2D eigenvalue weighted by atomic mass is 79.9. The predicted molar refractivity (Wildman–Crippen MR) is 60.2 cm³/mol. The first-order valence-corrected chi connectivity index (χ1v) is 4.31. The van der Waals surface area contributed by atoms with Crippen molar-refractivity contribution in [3.63, 3.8) is 0 Å². The number of phenolic OH excluding ortho intramolecular Hbond substituents is 1. The van der Waals surface area contributed by atoms with Crippen molar-refractivity contribution in [2.75, 3.05) is 0 Å². The second-order valence-electron chi connectivity index (χ2n) is 2.46. The van der Waals surface area contributed by atoms with E-state index in [9.17, 15) is 5.11 Å². The van der Waals surface area contributed by atoms with Crippen LogP contribution in [-0.2, 0) is 0 Å². The van der Waals surface area contributed by atoms with Gasteiger partial charge in [-0.15, -0.1) is 19.0 Å². The van der Waals surface area contributed by atoms with Crippen molar-refractivity contribution in [3.05, 3.63) is 40.9 Å². The third-order valence-corrected chi connectivity index (χ3v) is 2.10. The summed E-state index contributed by atoms with van der Waals surface area (Å²) in [5.74, 6) is 0.191. The fourth-order valence-electron chi connectivity index (χ4n) is 0.926. The van der Waals surface area contributed by atoms with Crippen LogP contribution in [0.2, 0.25) is 0 Å². The van der Waals surface area contributed by atoms with Crippen molar-refractivity contribution in [2.45, 2.75) is 6.04 Å². The third kappa shape index (κ3) is 3.03. The first-order valence-electron chi connectivity index (χ1n) is 3.51. The van der Waals surface area contributed by atoms with E-state index in [0.717, 1.165) is 4.47 Å². The molecule has 0 aliphatic carbocycles. The van der Waals surface area contributed by atoms with E-state index < -0.39 is 0 Å². The van der Waals surface area contributed by atoms with Crippen LogP contribution in [0.15, 0.2) is 35.3 Å². The fourth-order valence-corrected chi connectivity index (χ4v) is 1.27. The van der Waals surface area contributed by atoms with Crippen LogP contribution in [0.5, 0.6) is 5.75 Å². The second kappa shape index (κ2) is 5.27. The lowest BCUT2D eigenvalue weighted by atomic mass is 10.1. The topological polar surface area (TPSA) is 46.2 Å². The van der Waals surface area contributed by atoms with Gasteiger partial charge in [0.05, 0.1) is 6.04 Å². The maximum absolute atomic E-state index is 9.44. The maximum Gasteiger partial charge on any atom is 0.121 e. The lowest BCUT2D eigenvalue weighted by Gasteiger charge is -2.08. The van der Waals surface area contributed by atoms with Crippen LogP contribution >= 0.6 is 28.3 Å². The molecule has 0 aromatic heterocycles. The summed E-state index contributed by atoms with van der Waals surface area (Å²) < 4.78 is 0.833. The number of hydrogen-bond donors (Lipinski definition) is 2. The lowest BCUT2D eigenvalue weighted by Crippen LogP contribution is -2.06. The van der Waals surface area contributed by atoms with Crippen molar-refractivity contribution < 1.29 is 5.11 Å². The Hall–Kier alpha value is -0.510.